The molecule has 3 heteroatoms. The lowest BCUT2D eigenvalue weighted by Gasteiger charge is -1.99. The Morgan fingerprint density at radius 1 is 1.00 bits per heavy atom. The average Bonchev–Trinajstić information content (AvgIpc) is 2.81. The second-order valence-electron chi connectivity index (χ2n) is 4.11. The van der Waals surface area contributed by atoms with E-state index in [1.54, 1.807) is 0 Å². The number of rotatable bonds is 3. The third-order valence-corrected chi connectivity index (χ3v) is 5.10. The van der Waals surface area contributed by atoms with Gasteiger partial charge in [-0.2, -0.15) is 0 Å². The van der Waals surface area contributed by atoms with Crippen LogP contribution in [0.5, 0.6) is 0 Å². The maximum atomic E-state index is 5.68. The highest BCUT2D eigenvalue weighted by atomic mass is 32.2. The Morgan fingerprint density at radius 2 is 1.78 bits per heavy atom. The van der Waals surface area contributed by atoms with Gasteiger partial charge in [-0.3, -0.25) is 0 Å². The fraction of sp³-hybridized carbons (Fsp3) is 0.0667. The lowest BCUT2D eigenvalue weighted by Crippen LogP contribution is -1.82. The molecule has 1 heterocycles. The van der Waals surface area contributed by atoms with Crippen LogP contribution in [-0.4, -0.2) is 0 Å². The summed E-state index contributed by atoms with van der Waals surface area (Å²) in [6.07, 6.45) is 0. The third kappa shape index (κ3) is 2.52. The molecule has 0 aliphatic rings. The molecule has 0 radical (unpaired) electrons. The Labute approximate surface area is 115 Å². The van der Waals surface area contributed by atoms with Gasteiger partial charge in [-0.05, 0) is 41.8 Å². The van der Waals surface area contributed by atoms with E-state index in [1.165, 1.54) is 19.9 Å². The van der Waals surface area contributed by atoms with Crippen LogP contribution in [0.2, 0.25) is 0 Å². The first-order valence-electron chi connectivity index (χ1n) is 5.77. The molecule has 0 fully saturated rings. The molecule has 3 rings (SSSR count). The molecule has 90 valence electrons. The number of fused-ring (bicyclic) bond motifs is 1. The number of nitrogen functional groups attached to an aromatic ring is 1. The minimum absolute atomic E-state index is 0.821. The van der Waals surface area contributed by atoms with E-state index in [-0.39, 0.29) is 0 Å². The Kier molecular flexibility index (Phi) is 3.26. The van der Waals surface area contributed by atoms with Crippen LogP contribution in [0.3, 0.4) is 0 Å². The van der Waals surface area contributed by atoms with Crippen LogP contribution in [0.4, 0.5) is 5.69 Å². The molecular weight excluding hydrogens is 258 g/mol. The first-order valence-corrected chi connectivity index (χ1v) is 7.57. The zero-order valence-corrected chi connectivity index (χ0v) is 11.4. The number of hydrogen-bond acceptors (Lipinski definition) is 3. The fourth-order valence-electron chi connectivity index (χ4n) is 1.83. The van der Waals surface area contributed by atoms with Gasteiger partial charge >= 0.3 is 0 Å². The van der Waals surface area contributed by atoms with Gasteiger partial charge in [0.1, 0.15) is 0 Å². The van der Waals surface area contributed by atoms with Gasteiger partial charge < -0.3 is 5.73 Å². The minimum Gasteiger partial charge on any atom is -0.399 e. The van der Waals surface area contributed by atoms with Crippen molar-refractivity contribution in [1.82, 2.24) is 0 Å². The van der Waals surface area contributed by atoms with Gasteiger partial charge in [0, 0.05) is 25.9 Å². The van der Waals surface area contributed by atoms with Gasteiger partial charge in [-0.1, -0.05) is 18.2 Å². The zero-order valence-electron chi connectivity index (χ0n) is 9.80. The molecule has 1 nitrogen and oxygen atoms in total. The molecule has 0 bridgehead atoms. The summed E-state index contributed by atoms with van der Waals surface area (Å²) < 4.78 is 1.37. The summed E-state index contributed by atoms with van der Waals surface area (Å²) in [6.45, 7) is 0. The number of thiophene rings is 1. The number of anilines is 1. The van der Waals surface area contributed by atoms with Crippen LogP contribution in [-0.2, 0) is 5.75 Å². The highest BCUT2D eigenvalue weighted by Crippen LogP contribution is 2.31. The summed E-state index contributed by atoms with van der Waals surface area (Å²) in [7, 11) is 0. The highest BCUT2D eigenvalue weighted by Gasteiger charge is 2.02. The lowest BCUT2D eigenvalue weighted by atomic mass is 10.2. The maximum absolute atomic E-state index is 5.68. The molecule has 0 spiro atoms. The van der Waals surface area contributed by atoms with Crippen molar-refractivity contribution in [2.75, 3.05) is 5.73 Å². The van der Waals surface area contributed by atoms with Crippen LogP contribution in [0.1, 0.15) is 4.88 Å². The Morgan fingerprint density at radius 3 is 2.56 bits per heavy atom. The Balaban J connectivity index is 1.74. The number of benzene rings is 2. The van der Waals surface area contributed by atoms with Crippen molar-refractivity contribution < 1.29 is 0 Å². The van der Waals surface area contributed by atoms with Crippen molar-refractivity contribution in [1.29, 1.82) is 0 Å². The van der Waals surface area contributed by atoms with Crippen molar-refractivity contribution in [3.63, 3.8) is 0 Å². The first kappa shape index (κ1) is 11.6. The van der Waals surface area contributed by atoms with E-state index in [4.69, 9.17) is 5.73 Å². The van der Waals surface area contributed by atoms with E-state index < -0.39 is 0 Å². The predicted molar refractivity (Wildman–Crippen MR) is 82.2 cm³/mol. The largest absolute Gasteiger partial charge is 0.399 e. The molecule has 0 atom stereocenters. The molecular formula is C15H13NS2. The van der Waals surface area contributed by atoms with Crippen LogP contribution in [0.15, 0.2) is 59.5 Å². The standard InChI is InChI=1S/C15H13NS2/c16-12-5-7-13(8-6-12)17-10-14-9-11-3-1-2-4-15(11)18-14/h1-9H,10,16H2. The van der Waals surface area contributed by atoms with Gasteiger partial charge in [0.25, 0.3) is 0 Å². The van der Waals surface area contributed by atoms with Crippen LogP contribution in [0.25, 0.3) is 10.1 Å². The molecule has 3 aromatic rings. The topological polar surface area (TPSA) is 26.0 Å². The molecule has 0 aliphatic heterocycles. The highest BCUT2D eigenvalue weighted by molar-refractivity contribution is 7.98. The number of hydrogen-bond donors (Lipinski definition) is 1. The molecule has 1 aromatic heterocycles. The second-order valence-corrected chi connectivity index (χ2v) is 6.33. The summed E-state index contributed by atoms with van der Waals surface area (Å²) >= 11 is 3.73. The van der Waals surface area contributed by atoms with E-state index in [0.29, 0.717) is 0 Å². The van der Waals surface area contributed by atoms with E-state index >= 15 is 0 Å². The lowest BCUT2D eigenvalue weighted by molar-refractivity contribution is 1.43. The molecule has 2 aromatic carbocycles. The SMILES string of the molecule is Nc1ccc(SCc2cc3ccccc3s2)cc1. The quantitative estimate of drug-likeness (QED) is 0.548. The summed E-state index contributed by atoms with van der Waals surface area (Å²) in [4.78, 5) is 2.68. The summed E-state index contributed by atoms with van der Waals surface area (Å²) in [5.74, 6) is 1.02. The maximum Gasteiger partial charge on any atom is 0.0345 e. The predicted octanol–water partition coefficient (Wildman–Crippen LogP) is 4.78. The third-order valence-electron chi connectivity index (χ3n) is 2.74. The molecule has 18 heavy (non-hydrogen) atoms. The molecule has 2 N–H and O–H groups in total. The van der Waals surface area contributed by atoms with E-state index in [0.717, 1.165) is 11.4 Å². The molecule has 0 amide bonds. The van der Waals surface area contributed by atoms with E-state index in [2.05, 4.69) is 42.5 Å². The number of nitrogens with two attached hydrogens (primary N) is 1. The van der Waals surface area contributed by atoms with Gasteiger partial charge in [-0.15, -0.1) is 23.1 Å². The van der Waals surface area contributed by atoms with E-state index in [1.807, 2.05) is 35.2 Å². The molecule has 0 saturated heterocycles. The second kappa shape index (κ2) is 5.04. The van der Waals surface area contributed by atoms with Crippen molar-refractivity contribution in [2.24, 2.45) is 0 Å². The van der Waals surface area contributed by atoms with Gasteiger partial charge in [-0.25, -0.2) is 0 Å². The minimum atomic E-state index is 0.821. The Bertz CT molecular complexity index is 623. The van der Waals surface area contributed by atoms with Gasteiger partial charge in [0.05, 0.1) is 0 Å². The normalized spacial score (nSPS) is 10.9. The van der Waals surface area contributed by atoms with Gasteiger partial charge in [0.15, 0.2) is 0 Å². The smallest absolute Gasteiger partial charge is 0.0345 e. The fourth-order valence-corrected chi connectivity index (χ4v) is 3.82. The number of thioether (sulfide) groups is 1. The molecule has 0 aliphatic carbocycles. The summed E-state index contributed by atoms with van der Waals surface area (Å²) in [5, 5.41) is 1.34. The molecule has 0 unspecified atom stereocenters. The van der Waals surface area contributed by atoms with Crippen molar-refractivity contribution in [3.8, 4) is 0 Å². The van der Waals surface area contributed by atoms with Crippen LogP contribution >= 0.6 is 23.1 Å². The Hall–Kier alpha value is -1.45. The van der Waals surface area contributed by atoms with Crippen molar-refractivity contribution in [2.45, 2.75) is 10.6 Å². The van der Waals surface area contributed by atoms with Gasteiger partial charge in [0.2, 0.25) is 0 Å². The average molecular weight is 271 g/mol. The van der Waals surface area contributed by atoms with Crippen LogP contribution in [0, 0.1) is 0 Å². The van der Waals surface area contributed by atoms with Crippen LogP contribution < -0.4 is 5.73 Å². The van der Waals surface area contributed by atoms with Crippen molar-refractivity contribution in [3.05, 3.63) is 59.5 Å². The van der Waals surface area contributed by atoms with Crippen molar-refractivity contribution >= 4 is 38.9 Å². The van der Waals surface area contributed by atoms with E-state index in [9.17, 15) is 0 Å². The summed E-state index contributed by atoms with van der Waals surface area (Å²) in [6, 6.07) is 18.9. The summed E-state index contributed by atoms with van der Waals surface area (Å²) in [5.41, 5.74) is 6.50. The zero-order chi connectivity index (χ0) is 12.4. The first-order chi connectivity index (χ1) is 8.81. The monoisotopic (exact) mass is 271 g/mol. The molecule has 0 saturated carbocycles.